The predicted octanol–water partition coefficient (Wildman–Crippen LogP) is 3.13. The largest absolute Gasteiger partial charge is 0.271 e. The Hall–Kier alpha value is -1.71. The molecule has 0 saturated carbocycles. The molecule has 0 radical (unpaired) electrons. The van der Waals surface area contributed by atoms with E-state index in [2.05, 4.69) is 61.5 Å². The summed E-state index contributed by atoms with van der Waals surface area (Å²) in [5.41, 5.74) is 6.81. The molecule has 0 saturated heterocycles. The van der Waals surface area contributed by atoms with Crippen molar-refractivity contribution in [3.05, 3.63) is 65.5 Å². The van der Waals surface area contributed by atoms with Crippen molar-refractivity contribution in [1.29, 1.82) is 0 Å². The molecular weight excluding hydrogens is 246 g/mol. The third kappa shape index (κ3) is 3.44. The fourth-order valence-corrected chi connectivity index (χ4v) is 2.50. The van der Waals surface area contributed by atoms with Crippen molar-refractivity contribution in [2.45, 2.75) is 38.6 Å². The number of nitrogens with one attached hydrogen (secondary N) is 1. The van der Waals surface area contributed by atoms with E-state index in [4.69, 9.17) is 5.84 Å². The minimum absolute atomic E-state index is 0.0922. The predicted molar refractivity (Wildman–Crippen MR) is 83.1 cm³/mol. The number of nitrogens with two attached hydrogens (primary N) is 1. The molecule has 20 heavy (non-hydrogen) atoms. The SMILES string of the molecule is CC(C)(C)c1ccccc1C(Cc1cccnc1)NN. The van der Waals surface area contributed by atoms with Gasteiger partial charge in [-0.25, -0.2) is 0 Å². The third-order valence-electron chi connectivity index (χ3n) is 3.51. The molecule has 2 rings (SSSR count). The van der Waals surface area contributed by atoms with Crippen LogP contribution in [0.15, 0.2) is 48.8 Å². The molecule has 3 heteroatoms. The Morgan fingerprint density at radius 3 is 2.50 bits per heavy atom. The molecule has 0 bridgehead atoms. The molecule has 0 amide bonds. The number of aromatic nitrogens is 1. The molecule has 1 unspecified atom stereocenters. The van der Waals surface area contributed by atoms with Gasteiger partial charge in [0.25, 0.3) is 0 Å². The highest BCUT2D eigenvalue weighted by Crippen LogP contribution is 2.30. The van der Waals surface area contributed by atoms with E-state index >= 15 is 0 Å². The van der Waals surface area contributed by atoms with Gasteiger partial charge in [-0.05, 0) is 34.6 Å². The van der Waals surface area contributed by atoms with Crippen LogP contribution < -0.4 is 11.3 Å². The van der Waals surface area contributed by atoms with Crippen molar-refractivity contribution in [2.24, 2.45) is 5.84 Å². The normalized spacial score (nSPS) is 13.2. The van der Waals surface area contributed by atoms with Gasteiger partial charge in [-0.1, -0.05) is 51.1 Å². The summed E-state index contributed by atoms with van der Waals surface area (Å²) in [5, 5.41) is 0. The molecule has 1 atom stereocenters. The first kappa shape index (κ1) is 14.7. The smallest absolute Gasteiger partial charge is 0.0503 e. The standard InChI is InChI=1S/C17H23N3/c1-17(2,3)15-9-5-4-8-14(15)16(20-18)11-13-7-6-10-19-12-13/h4-10,12,16,20H,11,18H2,1-3H3. The molecule has 0 aliphatic rings. The second-order valence-electron chi connectivity index (χ2n) is 6.12. The average Bonchev–Trinajstić information content (AvgIpc) is 2.45. The second kappa shape index (κ2) is 6.16. The molecule has 1 aromatic heterocycles. The Kier molecular flexibility index (Phi) is 4.53. The van der Waals surface area contributed by atoms with Crippen LogP contribution in [0.25, 0.3) is 0 Å². The van der Waals surface area contributed by atoms with Gasteiger partial charge < -0.3 is 0 Å². The minimum Gasteiger partial charge on any atom is -0.271 e. The summed E-state index contributed by atoms with van der Waals surface area (Å²) in [5.74, 6) is 5.79. The van der Waals surface area contributed by atoms with Gasteiger partial charge in [-0.2, -0.15) is 0 Å². The maximum absolute atomic E-state index is 5.79. The van der Waals surface area contributed by atoms with Crippen molar-refractivity contribution in [1.82, 2.24) is 10.4 Å². The van der Waals surface area contributed by atoms with Gasteiger partial charge in [-0.3, -0.25) is 16.3 Å². The van der Waals surface area contributed by atoms with Crippen LogP contribution in [0.5, 0.6) is 0 Å². The number of rotatable bonds is 4. The summed E-state index contributed by atoms with van der Waals surface area (Å²) in [7, 11) is 0. The number of pyridine rings is 1. The molecule has 3 N–H and O–H groups in total. The van der Waals surface area contributed by atoms with Crippen molar-refractivity contribution in [3.63, 3.8) is 0 Å². The van der Waals surface area contributed by atoms with Crippen LogP contribution in [0.4, 0.5) is 0 Å². The number of benzene rings is 1. The van der Waals surface area contributed by atoms with Crippen LogP contribution in [-0.4, -0.2) is 4.98 Å². The molecule has 1 aromatic carbocycles. The van der Waals surface area contributed by atoms with Crippen LogP contribution in [0.3, 0.4) is 0 Å². The van der Waals surface area contributed by atoms with Gasteiger partial charge >= 0.3 is 0 Å². The van der Waals surface area contributed by atoms with E-state index in [0.29, 0.717) is 0 Å². The molecule has 0 fully saturated rings. The number of hydrogen-bond donors (Lipinski definition) is 2. The first-order chi connectivity index (χ1) is 9.52. The number of hydrazine groups is 1. The highest BCUT2D eigenvalue weighted by atomic mass is 15.2. The van der Waals surface area contributed by atoms with E-state index in [1.807, 2.05) is 12.3 Å². The fourth-order valence-electron chi connectivity index (χ4n) is 2.50. The van der Waals surface area contributed by atoms with Gasteiger partial charge in [0, 0.05) is 12.4 Å². The Bertz CT molecular complexity index is 544. The van der Waals surface area contributed by atoms with Crippen molar-refractivity contribution >= 4 is 0 Å². The lowest BCUT2D eigenvalue weighted by atomic mass is 9.81. The molecule has 0 aliphatic heterocycles. The van der Waals surface area contributed by atoms with Gasteiger partial charge in [0.05, 0.1) is 6.04 Å². The maximum atomic E-state index is 5.79. The summed E-state index contributed by atoms with van der Waals surface area (Å²) < 4.78 is 0. The molecule has 0 aliphatic carbocycles. The Morgan fingerprint density at radius 1 is 1.15 bits per heavy atom. The van der Waals surface area contributed by atoms with Crippen molar-refractivity contribution in [3.8, 4) is 0 Å². The zero-order chi connectivity index (χ0) is 14.6. The van der Waals surface area contributed by atoms with E-state index in [1.165, 1.54) is 16.7 Å². The van der Waals surface area contributed by atoms with Crippen LogP contribution in [0, 0.1) is 0 Å². The van der Waals surface area contributed by atoms with E-state index in [1.54, 1.807) is 6.20 Å². The zero-order valence-electron chi connectivity index (χ0n) is 12.4. The minimum atomic E-state index is 0.0922. The van der Waals surface area contributed by atoms with Crippen LogP contribution in [-0.2, 0) is 11.8 Å². The number of hydrogen-bond acceptors (Lipinski definition) is 3. The van der Waals surface area contributed by atoms with Gasteiger partial charge in [0.2, 0.25) is 0 Å². The van der Waals surface area contributed by atoms with Gasteiger partial charge in [0.15, 0.2) is 0 Å². The highest BCUT2D eigenvalue weighted by Gasteiger charge is 2.22. The molecule has 1 heterocycles. The summed E-state index contributed by atoms with van der Waals surface area (Å²) in [4.78, 5) is 4.17. The Balaban J connectivity index is 2.33. The first-order valence-electron chi connectivity index (χ1n) is 6.97. The van der Waals surface area contributed by atoms with Gasteiger partial charge in [0.1, 0.15) is 0 Å². The van der Waals surface area contributed by atoms with Crippen molar-refractivity contribution < 1.29 is 0 Å². The number of nitrogens with zero attached hydrogens (tertiary/aromatic N) is 1. The highest BCUT2D eigenvalue weighted by molar-refractivity contribution is 5.36. The van der Waals surface area contributed by atoms with Crippen LogP contribution >= 0.6 is 0 Å². The lowest BCUT2D eigenvalue weighted by molar-refractivity contribution is 0.518. The summed E-state index contributed by atoms with van der Waals surface area (Å²) in [6.07, 6.45) is 4.51. The summed E-state index contributed by atoms with van der Waals surface area (Å²) in [6, 6.07) is 12.6. The quantitative estimate of drug-likeness (QED) is 0.662. The average molecular weight is 269 g/mol. The van der Waals surface area contributed by atoms with Crippen LogP contribution in [0.1, 0.15) is 43.5 Å². The zero-order valence-corrected chi connectivity index (χ0v) is 12.4. The monoisotopic (exact) mass is 269 g/mol. The molecule has 2 aromatic rings. The van der Waals surface area contributed by atoms with E-state index in [0.717, 1.165) is 6.42 Å². The lowest BCUT2D eigenvalue weighted by Crippen LogP contribution is -2.31. The van der Waals surface area contributed by atoms with Gasteiger partial charge in [-0.15, -0.1) is 0 Å². The van der Waals surface area contributed by atoms with Crippen LogP contribution in [0.2, 0.25) is 0 Å². The Labute approximate surface area is 121 Å². The van der Waals surface area contributed by atoms with Crippen molar-refractivity contribution in [2.75, 3.05) is 0 Å². The topological polar surface area (TPSA) is 50.9 Å². The second-order valence-corrected chi connectivity index (χ2v) is 6.12. The van der Waals surface area contributed by atoms with E-state index in [9.17, 15) is 0 Å². The maximum Gasteiger partial charge on any atom is 0.0503 e. The summed E-state index contributed by atoms with van der Waals surface area (Å²) >= 11 is 0. The fraction of sp³-hybridized carbons (Fsp3) is 0.353. The Morgan fingerprint density at radius 2 is 1.90 bits per heavy atom. The third-order valence-corrected chi connectivity index (χ3v) is 3.51. The molecule has 106 valence electrons. The molecular formula is C17H23N3. The summed E-state index contributed by atoms with van der Waals surface area (Å²) in [6.45, 7) is 6.68. The van der Waals surface area contributed by atoms with E-state index < -0.39 is 0 Å². The first-order valence-corrected chi connectivity index (χ1v) is 6.97. The van der Waals surface area contributed by atoms with E-state index in [-0.39, 0.29) is 11.5 Å². The molecule has 3 nitrogen and oxygen atoms in total. The molecule has 0 spiro atoms. The lowest BCUT2D eigenvalue weighted by Gasteiger charge is -2.27.